The van der Waals surface area contributed by atoms with Gasteiger partial charge >= 0.3 is 0 Å². The van der Waals surface area contributed by atoms with E-state index in [1.54, 1.807) is 6.20 Å². The molecule has 0 bridgehead atoms. The molecule has 1 aromatic heterocycles. The summed E-state index contributed by atoms with van der Waals surface area (Å²) in [6, 6.07) is 15.4. The second kappa shape index (κ2) is 5.37. The van der Waals surface area contributed by atoms with Gasteiger partial charge in [0.25, 0.3) is 5.91 Å². The molecule has 0 saturated heterocycles. The Labute approximate surface area is 123 Å². The van der Waals surface area contributed by atoms with E-state index in [4.69, 9.17) is 0 Å². The van der Waals surface area contributed by atoms with E-state index in [0.29, 0.717) is 5.56 Å². The molecule has 3 aromatic rings. The average molecular weight is 276 g/mol. The maximum absolute atomic E-state index is 12.5. The minimum atomic E-state index is -0.102. The normalized spacial score (nSPS) is 10.6. The summed E-state index contributed by atoms with van der Waals surface area (Å²) in [5.74, 6) is -0.102. The first-order valence-electron chi connectivity index (χ1n) is 6.88. The number of pyridine rings is 1. The first-order chi connectivity index (χ1) is 10.2. The molecule has 1 heterocycles. The second-order valence-electron chi connectivity index (χ2n) is 5.08. The van der Waals surface area contributed by atoms with Gasteiger partial charge in [0.2, 0.25) is 0 Å². The third kappa shape index (κ3) is 2.50. The van der Waals surface area contributed by atoms with Crippen molar-refractivity contribution in [3.63, 3.8) is 0 Å². The van der Waals surface area contributed by atoms with Crippen LogP contribution >= 0.6 is 0 Å². The van der Waals surface area contributed by atoms with E-state index in [0.717, 1.165) is 27.7 Å². The van der Waals surface area contributed by atoms with Gasteiger partial charge < -0.3 is 5.32 Å². The van der Waals surface area contributed by atoms with Gasteiger partial charge in [-0.1, -0.05) is 30.3 Å². The van der Waals surface area contributed by atoms with Crippen LogP contribution in [0.3, 0.4) is 0 Å². The van der Waals surface area contributed by atoms with E-state index in [1.165, 1.54) is 0 Å². The van der Waals surface area contributed by atoms with Crippen molar-refractivity contribution in [3.8, 4) is 0 Å². The lowest BCUT2D eigenvalue weighted by atomic mass is 10.0. The fourth-order valence-corrected chi connectivity index (χ4v) is 2.39. The zero-order chi connectivity index (χ0) is 14.8. The molecule has 0 spiro atoms. The van der Waals surface area contributed by atoms with E-state index in [2.05, 4.69) is 10.3 Å². The lowest BCUT2D eigenvalue weighted by molar-refractivity contribution is 0.102. The SMILES string of the molecule is Cc1cccc(C(=O)Nc2cccc3cccnc23)c1C. The Morgan fingerprint density at radius 3 is 2.62 bits per heavy atom. The number of aromatic nitrogens is 1. The first kappa shape index (κ1) is 13.3. The third-order valence-electron chi connectivity index (χ3n) is 3.73. The number of nitrogens with zero attached hydrogens (tertiary/aromatic N) is 1. The van der Waals surface area contributed by atoms with E-state index in [1.807, 2.05) is 62.4 Å². The van der Waals surface area contributed by atoms with Gasteiger partial charge in [-0.05, 0) is 43.2 Å². The topological polar surface area (TPSA) is 42.0 Å². The van der Waals surface area contributed by atoms with Gasteiger partial charge in [0.1, 0.15) is 0 Å². The van der Waals surface area contributed by atoms with Crippen LogP contribution < -0.4 is 5.32 Å². The van der Waals surface area contributed by atoms with Gasteiger partial charge in [-0.2, -0.15) is 0 Å². The number of nitrogens with one attached hydrogen (secondary N) is 1. The highest BCUT2D eigenvalue weighted by atomic mass is 16.1. The average Bonchev–Trinajstić information content (AvgIpc) is 2.50. The zero-order valence-electron chi connectivity index (χ0n) is 12.1. The predicted octanol–water partition coefficient (Wildman–Crippen LogP) is 4.10. The molecule has 3 rings (SSSR count). The minimum Gasteiger partial charge on any atom is -0.320 e. The van der Waals surface area contributed by atoms with Crippen LogP contribution in [-0.4, -0.2) is 10.9 Å². The highest BCUT2D eigenvalue weighted by Gasteiger charge is 2.12. The zero-order valence-corrected chi connectivity index (χ0v) is 12.1. The molecule has 2 aromatic carbocycles. The summed E-state index contributed by atoms with van der Waals surface area (Å²) in [6.45, 7) is 3.97. The van der Waals surface area contributed by atoms with Gasteiger partial charge in [-0.15, -0.1) is 0 Å². The van der Waals surface area contributed by atoms with E-state index < -0.39 is 0 Å². The van der Waals surface area contributed by atoms with Crippen LogP contribution in [0.2, 0.25) is 0 Å². The van der Waals surface area contributed by atoms with Gasteiger partial charge in [-0.3, -0.25) is 9.78 Å². The molecule has 3 nitrogen and oxygen atoms in total. The van der Waals surface area contributed by atoms with Crippen LogP contribution in [-0.2, 0) is 0 Å². The standard InChI is InChI=1S/C18H16N2O/c1-12-6-3-9-15(13(12)2)18(21)20-16-10-4-7-14-8-5-11-19-17(14)16/h3-11H,1-2H3,(H,20,21). The number of carbonyl (C=O) groups is 1. The summed E-state index contributed by atoms with van der Waals surface area (Å²) >= 11 is 0. The molecule has 1 amide bonds. The van der Waals surface area contributed by atoms with E-state index >= 15 is 0 Å². The van der Waals surface area contributed by atoms with Crippen molar-refractivity contribution in [2.75, 3.05) is 5.32 Å². The molecule has 21 heavy (non-hydrogen) atoms. The lowest BCUT2D eigenvalue weighted by Gasteiger charge is -2.11. The van der Waals surface area contributed by atoms with Crippen molar-refractivity contribution in [1.82, 2.24) is 4.98 Å². The van der Waals surface area contributed by atoms with Crippen LogP contribution in [0.15, 0.2) is 54.7 Å². The van der Waals surface area contributed by atoms with Crippen molar-refractivity contribution in [2.45, 2.75) is 13.8 Å². The smallest absolute Gasteiger partial charge is 0.255 e. The first-order valence-corrected chi connectivity index (χ1v) is 6.88. The molecule has 104 valence electrons. The van der Waals surface area contributed by atoms with Crippen LogP contribution in [0.5, 0.6) is 0 Å². The fraction of sp³-hybridized carbons (Fsp3) is 0.111. The maximum atomic E-state index is 12.5. The van der Waals surface area contributed by atoms with E-state index in [9.17, 15) is 4.79 Å². The number of benzene rings is 2. The summed E-state index contributed by atoms with van der Waals surface area (Å²) in [7, 11) is 0. The van der Waals surface area contributed by atoms with Gasteiger partial charge in [-0.25, -0.2) is 0 Å². The van der Waals surface area contributed by atoms with Crippen LogP contribution in [0.1, 0.15) is 21.5 Å². The molecule has 0 aliphatic carbocycles. The summed E-state index contributed by atoms with van der Waals surface area (Å²) in [6.07, 6.45) is 1.73. The van der Waals surface area contributed by atoms with Gasteiger partial charge in [0, 0.05) is 17.1 Å². The molecular formula is C18H16N2O. The second-order valence-corrected chi connectivity index (χ2v) is 5.08. The van der Waals surface area contributed by atoms with Crippen molar-refractivity contribution in [2.24, 2.45) is 0 Å². The van der Waals surface area contributed by atoms with Crippen molar-refractivity contribution < 1.29 is 4.79 Å². The van der Waals surface area contributed by atoms with Gasteiger partial charge in [0.15, 0.2) is 0 Å². The number of carbonyl (C=O) groups excluding carboxylic acids is 1. The fourth-order valence-electron chi connectivity index (χ4n) is 2.39. The van der Waals surface area contributed by atoms with E-state index in [-0.39, 0.29) is 5.91 Å². The summed E-state index contributed by atoms with van der Waals surface area (Å²) in [5.41, 5.74) is 4.35. The highest BCUT2D eigenvalue weighted by Crippen LogP contribution is 2.22. The lowest BCUT2D eigenvalue weighted by Crippen LogP contribution is -2.14. The summed E-state index contributed by atoms with van der Waals surface area (Å²) in [4.78, 5) is 16.8. The number of fused-ring (bicyclic) bond motifs is 1. The molecule has 1 N–H and O–H groups in total. The molecule has 0 aliphatic rings. The van der Waals surface area contributed by atoms with Crippen molar-refractivity contribution in [3.05, 3.63) is 71.4 Å². The molecule has 0 atom stereocenters. The summed E-state index contributed by atoms with van der Waals surface area (Å²) < 4.78 is 0. The Bertz CT molecular complexity index is 819. The molecule has 0 unspecified atom stereocenters. The number of amides is 1. The number of hydrogen-bond donors (Lipinski definition) is 1. The van der Waals surface area contributed by atoms with Crippen LogP contribution in [0, 0.1) is 13.8 Å². The number of aryl methyl sites for hydroxylation is 1. The third-order valence-corrected chi connectivity index (χ3v) is 3.73. The summed E-state index contributed by atoms with van der Waals surface area (Å²) in [5, 5.41) is 3.98. The van der Waals surface area contributed by atoms with Crippen molar-refractivity contribution >= 4 is 22.5 Å². The Kier molecular flexibility index (Phi) is 3.40. The quantitative estimate of drug-likeness (QED) is 0.765. The van der Waals surface area contributed by atoms with Crippen LogP contribution in [0.25, 0.3) is 10.9 Å². The number of para-hydroxylation sites is 1. The van der Waals surface area contributed by atoms with Crippen molar-refractivity contribution in [1.29, 1.82) is 0 Å². The van der Waals surface area contributed by atoms with Gasteiger partial charge in [0.05, 0.1) is 11.2 Å². The largest absolute Gasteiger partial charge is 0.320 e. The predicted molar refractivity (Wildman–Crippen MR) is 85.6 cm³/mol. The number of hydrogen-bond acceptors (Lipinski definition) is 2. The molecule has 0 aliphatic heterocycles. The maximum Gasteiger partial charge on any atom is 0.255 e. The molecular weight excluding hydrogens is 260 g/mol. The number of rotatable bonds is 2. The Morgan fingerprint density at radius 2 is 1.76 bits per heavy atom. The molecule has 0 fully saturated rings. The Balaban J connectivity index is 1.99. The Hall–Kier alpha value is -2.68. The minimum absolute atomic E-state index is 0.102. The highest BCUT2D eigenvalue weighted by molar-refractivity contribution is 6.09. The molecule has 0 saturated carbocycles. The van der Waals surface area contributed by atoms with Crippen LogP contribution in [0.4, 0.5) is 5.69 Å². The Morgan fingerprint density at radius 1 is 1.00 bits per heavy atom. The molecule has 3 heteroatoms. The number of anilines is 1. The molecule has 0 radical (unpaired) electrons. The monoisotopic (exact) mass is 276 g/mol.